The highest BCUT2D eigenvalue weighted by atomic mass is 35.5. The Morgan fingerprint density at radius 2 is 1.86 bits per heavy atom. The van der Waals surface area contributed by atoms with E-state index in [0.29, 0.717) is 48.8 Å². The third kappa shape index (κ3) is 4.13. The minimum atomic E-state index is -3.59. The lowest BCUT2D eigenvalue weighted by atomic mass is 10.3. The van der Waals surface area contributed by atoms with Crippen LogP contribution in [0.15, 0.2) is 47.4 Å². The van der Waals surface area contributed by atoms with Crippen LogP contribution in [0.2, 0.25) is 5.02 Å². The van der Waals surface area contributed by atoms with Crippen molar-refractivity contribution in [2.45, 2.75) is 4.90 Å². The molecule has 28 heavy (non-hydrogen) atoms. The van der Waals surface area contributed by atoms with Gasteiger partial charge in [0, 0.05) is 37.7 Å². The van der Waals surface area contributed by atoms with E-state index in [2.05, 4.69) is 13.6 Å². The Balaban J connectivity index is 1.34. The van der Waals surface area contributed by atoms with Crippen LogP contribution in [0.5, 0.6) is 5.75 Å². The Hall–Kier alpha value is -1.78. The molecule has 2 aromatic carbocycles. The van der Waals surface area contributed by atoms with E-state index in [1.165, 1.54) is 4.31 Å². The molecule has 1 saturated heterocycles. The lowest BCUT2D eigenvalue weighted by Gasteiger charge is -2.33. The van der Waals surface area contributed by atoms with Gasteiger partial charge in [0.25, 0.3) is 0 Å². The van der Waals surface area contributed by atoms with Crippen molar-refractivity contribution in [1.82, 2.24) is 18.0 Å². The van der Waals surface area contributed by atoms with Crippen LogP contribution in [0.1, 0.15) is 0 Å². The van der Waals surface area contributed by atoms with E-state index in [1.807, 2.05) is 12.1 Å². The lowest BCUT2D eigenvalue weighted by Crippen LogP contribution is -2.49. The fourth-order valence-corrected chi connectivity index (χ4v) is 5.53. The van der Waals surface area contributed by atoms with Gasteiger partial charge in [-0.05, 0) is 30.3 Å². The molecule has 0 radical (unpaired) electrons. The van der Waals surface area contributed by atoms with E-state index in [-0.39, 0.29) is 4.90 Å². The molecular weight excluding hydrogens is 420 g/mol. The zero-order chi connectivity index (χ0) is 19.6. The topological polar surface area (TPSA) is 75.6 Å². The van der Waals surface area contributed by atoms with Gasteiger partial charge in [-0.3, -0.25) is 4.90 Å². The lowest BCUT2D eigenvalue weighted by molar-refractivity contribution is 0.159. The van der Waals surface area contributed by atoms with Gasteiger partial charge >= 0.3 is 0 Å². The van der Waals surface area contributed by atoms with Crippen molar-refractivity contribution in [1.29, 1.82) is 0 Å². The summed E-state index contributed by atoms with van der Waals surface area (Å²) in [6.07, 6.45) is 0. The number of benzene rings is 2. The maximum Gasteiger partial charge on any atom is 0.245 e. The maximum atomic E-state index is 13.0. The van der Waals surface area contributed by atoms with E-state index >= 15 is 0 Å². The second kappa shape index (κ2) is 8.30. The third-order valence-corrected chi connectivity index (χ3v) is 7.38. The highest BCUT2D eigenvalue weighted by molar-refractivity contribution is 7.89. The Kier molecular flexibility index (Phi) is 5.79. The van der Waals surface area contributed by atoms with Crippen LogP contribution >= 0.6 is 23.3 Å². The Bertz CT molecular complexity index is 1070. The van der Waals surface area contributed by atoms with Gasteiger partial charge in [0.1, 0.15) is 28.3 Å². The minimum Gasteiger partial charge on any atom is -0.492 e. The second-order valence-electron chi connectivity index (χ2n) is 6.44. The zero-order valence-corrected chi connectivity index (χ0v) is 17.4. The number of fused-ring (bicyclic) bond motifs is 1. The maximum absolute atomic E-state index is 13.0. The number of hydrogen-bond acceptors (Lipinski definition) is 7. The van der Waals surface area contributed by atoms with E-state index in [9.17, 15) is 8.42 Å². The Morgan fingerprint density at radius 3 is 2.64 bits per heavy atom. The van der Waals surface area contributed by atoms with Crippen LogP contribution in [0.25, 0.3) is 11.0 Å². The van der Waals surface area contributed by atoms with Crippen molar-refractivity contribution in [3.8, 4) is 5.75 Å². The van der Waals surface area contributed by atoms with Gasteiger partial charge in [0.15, 0.2) is 0 Å². The smallest absolute Gasteiger partial charge is 0.245 e. The van der Waals surface area contributed by atoms with Crippen molar-refractivity contribution in [3.63, 3.8) is 0 Å². The normalized spacial score (nSPS) is 16.5. The van der Waals surface area contributed by atoms with Gasteiger partial charge in [-0.1, -0.05) is 23.7 Å². The predicted molar refractivity (Wildman–Crippen MR) is 110 cm³/mol. The molecule has 4 rings (SSSR count). The molecule has 1 aromatic heterocycles. The first-order chi connectivity index (χ1) is 13.5. The summed E-state index contributed by atoms with van der Waals surface area (Å²) < 4.78 is 41.6. The molecule has 0 N–H and O–H groups in total. The standard InChI is InChI=1S/C18H19ClN4O3S2/c19-14-3-1-4-15(13-14)26-12-11-22-7-9-23(10-8-22)28(24,25)17-6-2-5-16-18(17)21-27-20-16/h1-6,13H,7-12H2. The molecule has 0 bridgehead atoms. The van der Waals surface area contributed by atoms with Crippen LogP contribution in [0.3, 0.4) is 0 Å². The number of aromatic nitrogens is 2. The molecule has 148 valence electrons. The number of piperazine rings is 1. The number of ether oxygens (including phenoxy) is 1. The summed E-state index contributed by atoms with van der Waals surface area (Å²) in [5, 5.41) is 0.640. The average Bonchev–Trinajstić information content (AvgIpc) is 3.17. The highest BCUT2D eigenvalue weighted by Crippen LogP contribution is 2.25. The average molecular weight is 439 g/mol. The third-order valence-electron chi connectivity index (χ3n) is 4.67. The van der Waals surface area contributed by atoms with Crippen LogP contribution in [0.4, 0.5) is 0 Å². The fourth-order valence-electron chi connectivity index (χ4n) is 3.17. The highest BCUT2D eigenvalue weighted by Gasteiger charge is 2.30. The monoisotopic (exact) mass is 438 g/mol. The molecule has 0 unspecified atom stereocenters. The number of rotatable bonds is 6. The van der Waals surface area contributed by atoms with Gasteiger partial charge in [0.05, 0.1) is 11.7 Å². The molecule has 2 heterocycles. The van der Waals surface area contributed by atoms with Crippen LogP contribution in [-0.2, 0) is 10.0 Å². The largest absolute Gasteiger partial charge is 0.492 e. The number of hydrogen-bond donors (Lipinski definition) is 0. The summed E-state index contributed by atoms with van der Waals surface area (Å²) >= 11 is 6.98. The van der Waals surface area contributed by atoms with Gasteiger partial charge in [-0.2, -0.15) is 13.1 Å². The zero-order valence-electron chi connectivity index (χ0n) is 15.0. The number of halogens is 1. The summed E-state index contributed by atoms with van der Waals surface area (Å²) in [4.78, 5) is 2.43. The van der Waals surface area contributed by atoms with E-state index < -0.39 is 10.0 Å². The molecule has 0 atom stereocenters. The van der Waals surface area contributed by atoms with Gasteiger partial charge in [0.2, 0.25) is 10.0 Å². The first-order valence-corrected chi connectivity index (χ1v) is 11.4. The van der Waals surface area contributed by atoms with Crippen molar-refractivity contribution in [2.24, 2.45) is 0 Å². The summed E-state index contributed by atoms with van der Waals surface area (Å²) in [6.45, 7) is 3.44. The second-order valence-corrected chi connectivity index (χ2v) is 9.31. The van der Waals surface area contributed by atoms with E-state index in [0.717, 1.165) is 24.0 Å². The Labute approximate surface area is 172 Å². The molecule has 0 amide bonds. The summed E-state index contributed by atoms with van der Waals surface area (Å²) in [5.41, 5.74) is 1.06. The van der Waals surface area contributed by atoms with Gasteiger partial charge < -0.3 is 4.74 Å². The molecule has 0 aliphatic carbocycles. The van der Waals surface area contributed by atoms with Crippen molar-refractivity contribution in [3.05, 3.63) is 47.5 Å². The molecule has 1 aliphatic rings. The van der Waals surface area contributed by atoms with E-state index in [4.69, 9.17) is 16.3 Å². The van der Waals surface area contributed by atoms with Gasteiger partial charge in [-0.25, -0.2) is 8.42 Å². The predicted octanol–water partition coefficient (Wildman–Crippen LogP) is 2.73. The van der Waals surface area contributed by atoms with Crippen molar-refractivity contribution in [2.75, 3.05) is 39.3 Å². The quantitative estimate of drug-likeness (QED) is 0.589. The van der Waals surface area contributed by atoms with Crippen molar-refractivity contribution >= 4 is 44.4 Å². The number of sulfonamides is 1. The SMILES string of the molecule is O=S(=O)(c1cccc2nsnc12)N1CCN(CCOc2cccc(Cl)c2)CC1. The molecule has 3 aromatic rings. The molecule has 1 aliphatic heterocycles. The van der Waals surface area contributed by atoms with Crippen LogP contribution < -0.4 is 4.74 Å². The first kappa shape index (κ1) is 19.5. The molecular formula is C18H19ClN4O3S2. The molecule has 0 spiro atoms. The summed E-state index contributed by atoms with van der Waals surface area (Å²) in [7, 11) is -3.59. The van der Waals surface area contributed by atoms with E-state index in [1.54, 1.807) is 30.3 Å². The molecule has 10 heteroatoms. The van der Waals surface area contributed by atoms with Crippen molar-refractivity contribution < 1.29 is 13.2 Å². The van der Waals surface area contributed by atoms with Gasteiger partial charge in [-0.15, -0.1) is 0 Å². The Morgan fingerprint density at radius 1 is 1.07 bits per heavy atom. The van der Waals surface area contributed by atoms with Crippen LogP contribution in [-0.4, -0.2) is 65.7 Å². The van der Waals surface area contributed by atoms with Crippen LogP contribution in [0, 0.1) is 0 Å². The molecule has 1 fully saturated rings. The summed E-state index contributed by atoms with van der Waals surface area (Å²) in [6, 6.07) is 12.4. The minimum absolute atomic E-state index is 0.233. The molecule has 0 saturated carbocycles. The first-order valence-electron chi connectivity index (χ1n) is 8.86. The molecule has 7 nitrogen and oxygen atoms in total. The number of nitrogens with zero attached hydrogens (tertiary/aromatic N) is 4. The fraction of sp³-hybridized carbons (Fsp3) is 0.333. The summed E-state index contributed by atoms with van der Waals surface area (Å²) in [5.74, 6) is 0.735.